The molecule has 1 aromatic rings. The summed E-state index contributed by atoms with van der Waals surface area (Å²) < 4.78 is 6.16. The molecule has 1 saturated carbocycles. The van der Waals surface area contributed by atoms with Crippen LogP contribution in [-0.4, -0.2) is 24.1 Å². The summed E-state index contributed by atoms with van der Waals surface area (Å²) in [5.41, 5.74) is 1.14. The Morgan fingerprint density at radius 1 is 1.43 bits per heavy atom. The second-order valence-electron chi connectivity index (χ2n) is 5.83. The standard InChI is InChI=1S/C16H24N2O3/c1-5-16(6-2)14(17-4)10-15(16)21-13-9-12(18(19)20)8-7-11(13)3/h7-9,14-15,17H,5-6,10H2,1-4H3. The average Bonchev–Trinajstić information content (AvgIpc) is 2.46. The van der Waals surface area contributed by atoms with Gasteiger partial charge < -0.3 is 10.1 Å². The molecule has 0 aliphatic heterocycles. The average molecular weight is 292 g/mol. The fourth-order valence-corrected chi connectivity index (χ4v) is 3.50. The summed E-state index contributed by atoms with van der Waals surface area (Å²) in [6.07, 6.45) is 3.13. The third kappa shape index (κ3) is 2.62. The summed E-state index contributed by atoms with van der Waals surface area (Å²) in [4.78, 5) is 10.5. The van der Waals surface area contributed by atoms with E-state index in [4.69, 9.17) is 4.74 Å². The molecule has 116 valence electrons. The van der Waals surface area contributed by atoms with E-state index in [9.17, 15) is 10.1 Å². The lowest BCUT2D eigenvalue weighted by atomic mass is 9.58. The summed E-state index contributed by atoms with van der Waals surface area (Å²) in [7, 11) is 1.99. The summed E-state index contributed by atoms with van der Waals surface area (Å²) in [6, 6.07) is 5.27. The van der Waals surface area contributed by atoms with Crippen LogP contribution in [0.1, 0.15) is 38.7 Å². The third-order valence-corrected chi connectivity index (χ3v) is 5.10. The molecule has 0 aromatic heterocycles. The van der Waals surface area contributed by atoms with Gasteiger partial charge in [0, 0.05) is 23.9 Å². The quantitative estimate of drug-likeness (QED) is 0.644. The number of aryl methyl sites for hydroxylation is 1. The molecule has 0 heterocycles. The number of nitrogens with one attached hydrogen (secondary N) is 1. The number of non-ortho nitro benzene ring substituents is 1. The zero-order valence-corrected chi connectivity index (χ0v) is 13.2. The molecule has 21 heavy (non-hydrogen) atoms. The van der Waals surface area contributed by atoms with E-state index < -0.39 is 0 Å². The zero-order chi connectivity index (χ0) is 15.6. The smallest absolute Gasteiger partial charge is 0.273 e. The maximum Gasteiger partial charge on any atom is 0.273 e. The Bertz CT molecular complexity index is 526. The number of hydrogen-bond acceptors (Lipinski definition) is 4. The highest BCUT2D eigenvalue weighted by Crippen LogP contribution is 2.49. The number of nitro groups is 1. The van der Waals surface area contributed by atoms with Crippen molar-refractivity contribution in [3.05, 3.63) is 33.9 Å². The molecule has 5 heteroatoms. The van der Waals surface area contributed by atoms with Crippen molar-refractivity contribution < 1.29 is 9.66 Å². The highest BCUT2D eigenvalue weighted by atomic mass is 16.6. The second kappa shape index (κ2) is 6.02. The van der Waals surface area contributed by atoms with Crippen molar-refractivity contribution in [2.45, 2.75) is 52.2 Å². The molecule has 0 bridgehead atoms. The lowest BCUT2D eigenvalue weighted by molar-refractivity contribution is -0.385. The summed E-state index contributed by atoms with van der Waals surface area (Å²) in [5.74, 6) is 0.634. The predicted octanol–water partition coefficient (Wildman–Crippen LogP) is 3.45. The molecule has 2 atom stereocenters. The molecule has 1 aromatic carbocycles. The summed E-state index contributed by atoms with van der Waals surface area (Å²) in [6.45, 7) is 6.29. The molecule has 2 unspecified atom stereocenters. The Hall–Kier alpha value is -1.62. The van der Waals surface area contributed by atoms with Gasteiger partial charge in [0.15, 0.2) is 0 Å². The van der Waals surface area contributed by atoms with Crippen molar-refractivity contribution >= 4 is 5.69 Å². The number of rotatable bonds is 6. The molecular weight excluding hydrogens is 268 g/mol. The Morgan fingerprint density at radius 2 is 2.10 bits per heavy atom. The van der Waals surface area contributed by atoms with Crippen LogP contribution in [0.25, 0.3) is 0 Å². The van der Waals surface area contributed by atoms with E-state index in [1.54, 1.807) is 6.07 Å². The first kappa shape index (κ1) is 15.8. The van der Waals surface area contributed by atoms with Crippen molar-refractivity contribution in [2.75, 3.05) is 7.05 Å². The van der Waals surface area contributed by atoms with Crippen LogP contribution in [0.2, 0.25) is 0 Å². The fraction of sp³-hybridized carbons (Fsp3) is 0.625. The predicted molar refractivity (Wildman–Crippen MR) is 82.7 cm³/mol. The third-order valence-electron chi connectivity index (χ3n) is 5.10. The Morgan fingerprint density at radius 3 is 2.62 bits per heavy atom. The molecule has 0 radical (unpaired) electrons. The minimum atomic E-state index is -0.379. The van der Waals surface area contributed by atoms with Crippen LogP contribution in [0.4, 0.5) is 5.69 Å². The normalized spacial score (nSPS) is 23.4. The Balaban J connectivity index is 2.22. The Labute approximate surface area is 125 Å². The second-order valence-corrected chi connectivity index (χ2v) is 5.83. The number of ether oxygens (including phenoxy) is 1. The topological polar surface area (TPSA) is 64.4 Å². The van der Waals surface area contributed by atoms with Crippen LogP contribution in [-0.2, 0) is 0 Å². The summed E-state index contributed by atoms with van der Waals surface area (Å²) >= 11 is 0. The van der Waals surface area contributed by atoms with E-state index in [2.05, 4.69) is 19.2 Å². The van der Waals surface area contributed by atoms with Crippen molar-refractivity contribution in [2.24, 2.45) is 5.41 Å². The Kier molecular flexibility index (Phi) is 4.52. The maximum atomic E-state index is 10.9. The van der Waals surface area contributed by atoms with E-state index in [1.165, 1.54) is 12.1 Å². The number of nitrogens with zero attached hydrogens (tertiary/aromatic N) is 1. The molecule has 0 saturated heterocycles. The van der Waals surface area contributed by atoms with E-state index >= 15 is 0 Å². The van der Waals surface area contributed by atoms with Crippen molar-refractivity contribution in [3.8, 4) is 5.75 Å². The van der Waals surface area contributed by atoms with Crippen molar-refractivity contribution in [1.29, 1.82) is 0 Å². The summed E-state index contributed by atoms with van der Waals surface area (Å²) in [5, 5.41) is 14.3. The van der Waals surface area contributed by atoms with Gasteiger partial charge in [-0.05, 0) is 38.4 Å². The van der Waals surface area contributed by atoms with Gasteiger partial charge in [0.25, 0.3) is 5.69 Å². The number of benzene rings is 1. The van der Waals surface area contributed by atoms with Gasteiger partial charge in [-0.2, -0.15) is 0 Å². The van der Waals surface area contributed by atoms with Crippen LogP contribution < -0.4 is 10.1 Å². The largest absolute Gasteiger partial charge is 0.489 e. The van der Waals surface area contributed by atoms with Gasteiger partial charge >= 0.3 is 0 Å². The molecule has 1 aliphatic rings. The first-order valence-corrected chi connectivity index (χ1v) is 7.57. The van der Waals surface area contributed by atoms with Gasteiger partial charge in [0.05, 0.1) is 11.0 Å². The highest BCUT2D eigenvalue weighted by Gasteiger charge is 2.53. The first-order chi connectivity index (χ1) is 9.98. The highest BCUT2D eigenvalue weighted by molar-refractivity contribution is 5.44. The van der Waals surface area contributed by atoms with Gasteiger partial charge in [0.1, 0.15) is 11.9 Å². The van der Waals surface area contributed by atoms with Crippen LogP contribution in [0, 0.1) is 22.5 Å². The molecule has 0 spiro atoms. The lowest BCUT2D eigenvalue weighted by Crippen LogP contribution is -2.63. The zero-order valence-electron chi connectivity index (χ0n) is 13.2. The molecule has 2 rings (SSSR count). The van der Waals surface area contributed by atoms with Gasteiger partial charge in [0.2, 0.25) is 0 Å². The molecular formula is C16H24N2O3. The maximum absolute atomic E-state index is 10.9. The monoisotopic (exact) mass is 292 g/mol. The SMILES string of the molecule is CCC1(CC)C(NC)CC1Oc1cc([N+](=O)[O-])ccc1C. The van der Waals surface area contributed by atoms with Crippen molar-refractivity contribution in [1.82, 2.24) is 5.32 Å². The molecule has 0 amide bonds. The first-order valence-electron chi connectivity index (χ1n) is 7.57. The van der Waals surface area contributed by atoms with E-state index in [0.717, 1.165) is 24.8 Å². The van der Waals surface area contributed by atoms with Gasteiger partial charge in [-0.3, -0.25) is 10.1 Å². The van der Waals surface area contributed by atoms with Crippen molar-refractivity contribution in [3.63, 3.8) is 0 Å². The van der Waals surface area contributed by atoms with E-state index in [-0.39, 0.29) is 22.1 Å². The van der Waals surface area contributed by atoms with Gasteiger partial charge in [-0.15, -0.1) is 0 Å². The van der Waals surface area contributed by atoms with Crippen LogP contribution in [0.5, 0.6) is 5.75 Å². The van der Waals surface area contributed by atoms with Crippen LogP contribution in [0.15, 0.2) is 18.2 Å². The minimum absolute atomic E-state index is 0.0821. The molecule has 1 fully saturated rings. The lowest BCUT2D eigenvalue weighted by Gasteiger charge is -2.55. The van der Waals surface area contributed by atoms with Gasteiger partial charge in [-0.1, -0.05) is 13.8 Å². The number of hydrogen-bond donors (Lipinski definition) is 1. The molecule has 5 nitrogen and oxygen atoms in total. The minimum Gasteiger partial charge on any atom is -0.489 e. The van der Waals surface area contributed by atoms with Crippen LogP contribution in [0.3, 0.4) is 0 Å². The number of nitro benzene ring substituents is 1. The molecule has 1 aliphatic carbocycles. The van der Waals surface area contributed by atoms with Crippen LogP contribution >= 0.6 is 0 Å². The van der Waals surface area contributed by atoms with E-state index in [0.29, 0.717) is 11.8 Å². The van der Waals surface area contributed by atoms with Gasteiger partial charge in [-0.25, -0.2) is 0 Å². The fourth-order valence-electron chi connectivity index (χ4n) is 3.50. The molecule has 1 N–H and O–H groups in total. The van der Waals surface area contributed by atoms with E-state index in [1.807, 2.05) is 14.0 Å².